The second-order valence-electron chi connectivity index (χ2n) is 11.2. The molecule has 4 aromatic rings. The fraction of sp³-hybridized carbons (Fsp3) is 0.222. The Morgan fingerprint density at radius 1 is 0.830 bits per heavy atom. The molecule has 11 heteroatoms. The molecule has 47 heavy (non-hydrogen) atoms. The quantitative estimate of drug-likeness (QED) is 0.112. The number of aliphatic hydroxyl groups excluding tert-OH is 1. The van der Waals surface area contributed by atoms with Crippen LogP contribution in [-0.2, 0) is 32.2 Å². The van der Waals surface area contributed by atoms with Crippen LogP contribution in [0.25, 0.3) is 0 Å². The van der Waals surface area contributed by atoms with E-state index in [1.165, 1.54) is 25.1 Å². The van der Waals surface area contributed by atoms with Crippen LogP contribution < -0.4 is 10.6 Å². The zero-order valence-electron chi connectivity index (χ0n) is 25.4. The Balaban J connectivity index is 1.11. The fourth-order valence-corrected chi connectivity index (χ4v) is 6.27. The van der Waals surface area contributed by atoms with Crippen LogP contribution in [0.1, 0.15) is 79.1 Å². The van der Waals surface area contributed by atoms with Gasteiger partial charge < -0.3 is 30.0 Å². The maximum absolute atomic E-state index is 12.8. The molecule has 6 rings (SSSR count). The molecule has 1 unspecified atom stereocenters. The number of esters is 2. The zero-order valence-corrected chi connectivity index (χ0v) is 26.3. The molecule has 10 nitrogen and oxygen atoms in total. The summed E-state index contributed by atoms with van der Waals surface area (Å²) in [5.41, 5.74) is 4.72. The summed E-state index contributed by atoms with van der Waals surface area (Å²) in [7, 11) is 0. The minimum Gasteiger partial charge on any atom is -0.392 e. The lowest BCUT2D eigenvalue weighted by Gasteiger charge is -2.36. The summed E-state index contributed by atoms with van der Waals surface area (Å²) in [4.78, 5) is 48.7. The standard InChI is InChI=1S/C36H32N2O8S/c1-21(40)38-27-11-13-29(14-12-27)47-20-28-17-32(24-6-4-23(19-39)5-7-24)45-36(44-28)25-8-2-22(3-9-25)18-37-33(41)26-10-15-30-31(16-26)35(43)46-34(30)42/h2-16,28,32,36,39H,17-20H2,1H3,(H,37,41)(H,38,40)/t28-,32+,36?/m0/s1. The Morgan fingerprint density at radius 3 is 2.21 bits per heavy atom. The van der Waals surface area contributed by atoms with Gasteiger partial charge in [-0.15, -0.1) is 11.8 Å². The van der Waals surface area contributed by atoms with Crippen molar-refractivity contribution in [3.63, 3.8) is 0 Å². The van der Waals surface area contributed by atoms with Crippen LogP contribution in [0.4, 0.5) is 5.69 Å². The molecule has 2 amide bonds. The Hall–Kier alpha value is -4.81. The molecule has 0 aromatic heterocycles. The van der Waals surface area contributed by atoms with E-state index in [-0.39, 0.29) is 53.9 Å². The van der Waals surface area contributed by atoms with Crippen molar-refractivity contribution in [3.05, 3.63) is 130 Å². The number of carbonyl (C=O) groups excluding carboxylic acids is 4. The van der Waals surface area contributed by atoms with Crippen LogP contribution in [-0.4, -0.2) is 40.7 Å². The third-order valence-electron chi connectivity index (χ3n) is 7.84. The first-order valence-corrected chi connectivity index (χ1v) is 16.0. The number of amides is 2. The molecule has 4 aromatic carbocycles. The second-order valence-corrected chi connectivity index (χ2v) is 12.3. The average Bonchev–Trinajstić information content (AvgIpc) is 3.38. The van der Waals surface area contributed by atoms with Gasteiger partial charge in [0.2, 0.25) is 5.91 Å². The van der Waals surface area contributed by atoms with Gasteiger partial charge in [0, 0.05) is 47.4 Å². The molecule has 0 aliphatic carbocycles. The first-order valence-electron chi connectivity index (χ1n) is 15.0. The Morgan fingerprint density at radius 2 is 1.51 bits per heavy atom. The second kappa shape index (κ2) is 14.3. The van der Waals surface area contributed by atoms with Crippen molar-refractivity contribution in [2.45, 2.75) is 49.9 Å². The van der Waals surface area contributed by atoms with Gasteiger partial charge in [0.05, 0.1) is 29.9 Å². The van der Waals surface area contributed by atoms with Crippen LogP contribution in [0, 0.1) is 0 Å². The van der Waals surface area contributed by atoms with Crippen molar-refractivity contribution < 1.29 is 38.5 Å². The van der Waals surface area contributed by atoms with Gasteiger partial charge in [-0.25, -0.2) is 9.59 Å². The number of fused-ring (bicyclic) bond motifs is 1. The first-order chi connectivity index (χ1) is 22.7. The highest BCUT2D eigenvalue weighted by molar-refractivity contribution is 7.99. The van der Waals surface area contributed by atoms with Gasteiger partial charge >= 0.3 is 11.9 Å². The molecule has 3 atom stereocenters. The van der Waals surface area contributed by atoms with Crippen molar-refractivity contribution >= 4 is 41.2 Å². The molecule has 0 radical (unpaired) electrons. The number of anilines is 1. The molecule has 2 aliphatic heterocycles. The summed E-state index contributed by atoms with van der Waals surface area (Å²) in [6.45, 7) is 1.68. The molecule has 0 bridgehead atoms. The summed E-state index contributed by atoms with van der Waals surface area (Å²) in [6, 6.07) is 27.3. The number of thioether (sulfide) groups is 1. The first kappa shape index (κ1) is 32.1. The molecule has 1 saturated heterocycles. The number of benzene rings is 4. The van der Waals surface area contributed by atoms with Crippen LogP contribution >= 0.6 is 11.8 Å². The number of cyclic esters (lactones) is 2. The summed E-state index contributed by atoms with van der Waals surface area (Å²) in [5.74, 6) is -1.29. The summed E-state index contributed by atoms with van der Waals surface area (Å²) in [6.07, 6.45) is -0.343. The number of hydrogen-bond acceptors (Lipinski definition) is 9. The summed E-state index contributed by atoms with van der Waals surface area (Å²) >= 11 is 1.66. The topological polar surface area (TPSA) is 140 Å². The third-order valence-corrected chi connectivity index (χ3v) is 8.98. The van der Waals surface area contributed by atoms with Crippen molar-refractivity contribution in [1.29, 1.82) is 0 Å². The molecular weight excluding hydrogens is 620 g/mol. The summed E-state index contributed by atoms with van der Waals surface area (Å²) < 4.78 is 17.5. The molecule has 0 saturated carbocycles. The molecule has 3 N–H and O–H groups in total. The Labute approximate surface area is 275 Å². The average molecular weight is 653 g/mol. The van der Waals surface area contributed by atoms with E-state index in [4.69, 9.17) is 9.47 Å². The Kier molecular flexibility index (Phi) is 9.79. The number of rotatable bonds is 10. The van der Waals surface area contributed by atoms with E-state index in [1.54, 1.807) is 11.8 Å². The Bertz CT molecular complexity index is 1790. The highest BCUT2D eigenvalue weighted by atomic mass is 32.2. The van der Waals surface area contributed by atoms with E-state index < -0.39 is 18.2 Å². The minimum absolute atomic E-state index is 0.0344. The lowest BCUT2D eigenvalue weighted by molar-refractivity contribution is -0.245. The molecule has 1 fully saturated rings. The predicted octanol–water partition coefficient (Wildman–Crippen LogP) is 5.72. The molecule has 0 spiro atoms. The van der Waals surface area contributed by atoms with E-state index in [1.807, 2.05) is 72.8 Å². The van der Waals surface area contributed by atoms with Crippen LogP contribution in [0.2, 0.25) is 0 Å². The van der Waals surface area contributed by atoms with Gasteiger partial charge in [0.15, 0.2) is 6.29 Å². The molecule has 2 heterocycles. The highest BCUT2D eigenvalue weighted by Crippen LogP contribution is 2.39. The van der Waals surface area contributed by atoms with Gasteiger partial charge in [0.1, 0.15) is 0 Å². The predicted molar refractivity (Wildman–Crippen MR) is 174 cm³/mol. The van der Waals surface area contributed by atoms with Gasteiger partial charge in [-0.3, -0.25) is 9.59 Å². The number of hydrogen-bond donors (Lipinski definition) is 3. The van der Waals surface area contributed by atoms with E-state index in [9.17, 15) is 24.3 Å². The third kappa shape index (κ3) is 7.78. The van der Waals surface area contributed by atoms with Gasteiger partial charge in [0.25, 0.3) is 5.91 Å². The largest absolute Gasteiger partial charge is 0.392 e. The minimum atomic E-state index is -0.759. The normalized spacial score (nSPS) is 18.7. The molecule has 240 valence electrons. The van der Waals surface area contributed by atoms with Crippen molar-refractivity contribution in [1.82, 2.24) is 5.32 Å². The lowest BCUT2D eigenvalue weighted by Crippen LogP contribution is -2.31. The van der Waals surface area contributed by atoms with E-state index in [0.717, 1.165) is 32.8 Å². The van der Waals surface area contributed by atoms with Crippen LogP contribution in [0.5, 0.6) is 0 Å². The van der Waals surface area contributed by atoms with Crippen molar-refractivity contribution in [2.75, 3.05) is 11.1 Å². The molecule has 2 aliphatic rings. The van der Waals surface area contributed by atoms with E-state index >= 15 is 0 Å². The number of aliphatic hydroxyl groups is 1. The van der Waals surface area contributed by atoms with Crippen molar-refractivity contribution in [2.24, 2.45) is 0 Å². The van der Waals surface area contributed by atoms with Gasteiger partial charge in [-0.1, -0.05) is 48.5 Å². The van der Waals surface area contributed by atoms with Crippen LogP contribution in [0.3, 0.4) is 0 Å². The van der Waals surface area contributed by atoms with Gasteiger partial charge in [-0.05, 0) is 59.2 Å². The molecular formula is C36H32N2O8S. The SMILES string of the molecule is CC(=O)Nc1ccc(SC[C@@H]2C[C@H](c3ccc(CO)cc3)OC(c3ccc(CNC(=O)c4ccc5c(c4)C(=O)OC5=O)cc3)O2)cc1. The van der Waals surface area contributed by atoms with E-state index in [2.05, 4.69) is 15.4 Å². The van der Waals surface area contributed by atoms with Crippen molar-refractivity contribution in [3.8, 4) is 0 Å². The highest BCUT2D eigenvalue weighted by Gasteiger charge is 2.33. The van der Waals surface area contributed by atoms with Crippen LogP contribution in [0.15, 0.2) is 95.9 Å². The summed E-state index contributed by atoms with van der Waals surface area (Å²) in [5, 5.41) is 15.1. The van der Waals surface area contributed by atoms with E-state index in [0.29, 0.717) is 12.2 Å². The monoisotopic (exact) mass is 652 g/mol. The number of ether oxygens (including phenoxy) is 3. The maximum Gasteiger partial charge on any atom is 0.346 e. The fourth-order valence-electron chi connectivity index (χ4n) is 5.35. The number of carbonyl (C=O) groups is 4. The number of nitrogens with one attached hydrogen (secondary N) is 2. The zero-order chi connectivity index (χ0) is 32.9. The maximum atomic E-state index is 12.8. The lowest BCUT2D eigenvalue weighted by atomic mass is 10.0. The van der Waals surface area contributed by atoms with Gasteiger partial charge in [-0.2, -0.15) is 0 Å². The smallest absolute Gasteiger partial charge is 0.346 e.